The maximum Gasteiger partial charge on any atom is 0.0556 e. The summed E-state index contributed by atoms with van der Waals surface area (Å²) in [6, 6.07) is 0.921. The van der Waals surface area contributed by atoms with Crippen LogP contribution in [0, 0.1) is 0 Å². The van der Waals surface area contributed by atoms with E-state index >= 15 is 0 Å². The van der Waals surface area contributed by atoms with Gasteiger partial charge in [0.2, 0.25) is 0 Å². The summed E-state index contributed by atoms with van der Waals surface area (Å²) < 4.78 is 0. The molecule has 0 aromatic carbocycles. The molecule has 0 saturated heterocycles. The van der Waals surface area contributed by atoms with Crippen LogP contribution in [0.2, 0.25) is 0 Å². The maximum absolute atomic E-state index is 8.74. The first-order valence-corrected chi connectivity index (χ1v) is 5.57. The highest BCUT2D eigenvalue weighted by Crippen LogP contribution is 2.18. The van der Waals surface area contributed by atoms with Crippen molar-refractivity contribution < 1.29 is 10.2 Å². The van der Waals surface area contributed by atoms with Crippen molar-refractivity contribution in [3.63, 3.8) is 0 Å². The molecule has 84 valence electrons. The second-order valence-corrected chi connectivity index (χ2v) is 3.85. The quantitative estimate of drug-likeness (QED) is 0.467. The highest BCUT2D eigenvalue weighted by Gasteiger charge is 2.23. The Morgan fingerprint density at radius 2 is 1.29 bits per heavy atom. The van der Waals surface area contributed by atoms with E-state index in [1.807, 2.05) is 0 Å². The fraction of sp³-hybridized carbons (Fsp3) is 1.00. The van der Waals surface area contributed by atoms with Crippen molar-refractivity contribution in [3.8, 4) is 0 Å². The van der Waals surface area contributed by atoms with Gasteiger partial charge in [-0.2, -0.15) is 0 Å². The number of rotatable bonds is 6. The minimum atomic E-state index is 0.198. The summed E-state index contributed by atoms with van der Waals surface area (Å²) in [5.74, 6) is 0. The molecule has 0 radical (unpaired) electrons. The molecule has 0 spiro atoms. The molecule has 0 aromatic heterocycles. The summed E-state index contributed by atoms with van der Waals surface area (Å²) in [6.45, 7) is 1.73. The van der Waals surface area contributed by atoms with Crippen LogP contribution in [0.25, 0.3) is 0 Å². The lowest BCUT2D eigenvalue weighted by Crippen LogP contribution is -2.51. The van der Waals surface area contributed by atoms with Gasteiger partial charge in [0.15, 0.2) is 0 Å². The number of aliphatic hydroxyl groups is 2. The van der Waals surface area contributed by atoms with Crippen LogP contribution in [0.4, 0.5) is 0 Å². The van der Waals surface area contributed by atoms with Gasteiger partial charge in [-0.1, -0.05) is 12.8 Å². The standard InChI is InChI=1S/C10H22N2O2/c13-7-5-11-9-3-1-2-4-10(9)12-6-8-14/h9-14H,1-8H2/t9-,10-/m0/s1. The van der Waals surface area contributed by atoms with Crippen molar-refractivity contribution in [2.24, 2.45) is 0 Å². The van der Waals surface area contributed by atoms with Crippen molar-refractivity contribution in [1.82, 2.24) is 10.6 Å². The van der Waals surface area contributed by atoms with E-state index in [0.717, 1.165) is 0 Å². The second-order valence-electron chi connectivity index (χ2n) is 3.85. The third-order valence-electron chi connectivity index (χ3n) is 2.80. The van der Waals surface area contributed by atoms with Crippen LogP contribution in [0.3, 0.4) is 0 Å². The predicted octanol–water partition coefficient (Wildman–Crippen LogP) is -0.539. The molecule has 4 N–H and O–H groups in total. The Hall–Kier alpha value is -0.160. The minimum Gasteiger partial charge on any atom is -0.395 e. The largest absolute Gasteiger partial charge is 0.395 e. The topological polar surface area (TPSA) is 64.5 Å². The van der Waals surface area contributed by atoms with Crippen LogP contribution < -0.4 is 10.6 Å². The van der Waals surface area contributed by atoms with Crippen molar-refractivity contribution in [2.45, 2.75) is 37.8 Å². The van der Waals surface area contributed by atoms with Gasteiger partial charge in [0.05, 0.1) is 13.2 Å². The summed E-state index contributed by atoms with van der Waals surface area (Å²) in [6.07, 6.45) is 4.87. The number of hydrogen-bond donors (Lipinski definition) is 4. The van der Waals surface area contributed by atoms with E-state index in [0.29, 0.717) is 25.2 Å². The number of aliphatic hydroxyl groups excluding tert-OH is 2. The third kappa shape index (κ3) is 3.92. The molecule has 4 heteroatoms. The van der Waals surface area contributed by atoms with Crippen LogP contribution >= 0.6 is 0 Å². The minimum absolute atomic E-state index is 0.198. The Morgan fingerprint density at radius 1 is 0.857 bits per heavy atom. The first-order chi connectivity index (χ1) is 6.88. The summed E-state index contributed by atoms with van der Waals surface area (Å²) in [5, 5.41) is 24.1. The van der Waals surface area contributed by atoms with Crippen molar-refractivity contribution in [1.29, 1.82) is 0 Å². The van der Waals surface area contributed by atoms with Crippen LogP contribution in [0.1, 0.15) is 25.7 Å². The van der Waals surface area contributed by atoms with E-state index in [-0.39, 0.29) is 13.2 Å². The van der Waals surface area contributed by atoms with Gasteiger partial charge in [0, 0.05) is 25.2 Å². The van der Waals surface area contributed by atoms with Gasteiger partial charge in [-0.05, 0) is 12.8 Å². The van der Waals surface area contributed by atoms with E-state index in [2.05, 4.69) is 10.6 Å². The lowest BCUT2D eigenvalue weighted by Gasteiger charge is -2.32. The third-order valence-corrected chi connectivity index (χ3v) is 2.80. The van der Waals surface area contributed by atoms with Gasteiger partial charge >= 0.3 is 0 Å². The van der Waals surface area contributed by atoms with Crippen LogP contribution in [-0.2, 0) is 0 Å². The average molecular weight is 202 g/mol. The van der Waals surface area contributed by atoms with Crippen LogP contribution in [0.15, 0.2) is 0 Å². The van der Waals surface area contributed by atoms with Gasteiger partial charge in [0.1, 0.15) is 0 Å². The molecular weight excluding hydrogens is 180 g/mol. The van der Waals surface area contributed by atoms with Gasteiger partial charge in [0.25, 0.3) is 0 Å². The molecule has 0 unspecified atom stereocenters. The fourth-order valence-electron chi connectivity index (χ4n) is 2.12. The van der Waals surface area contributed by atoms with Gasteiger partial charge < -0.3 is 20.8 Å². The molecule has 1 fully saturated rings. The van der Waals surface area contributed by atoms with E-state index < -0.39 is 0 Å². The average Bonchev–Trinajstić information content (AvgIpc) is 2.24. The Bertz CT molecular complexity index is 128. The molecule has 1 aliphatic carbocycles. The summed E-state index contributed by atoms with van der Waals surface area (Å²) in [4.78, 5) is 0. The Kier molecular flexibility index (Phi) is 6.10. The highest BCUT2D eigenvalue weighted by atomic mass is 16.3. The summed E-state index contributed by atoms with van der Waals surface area (Å²) in [7, 11) is 0. The SMILES string of the molecule is OCCN[C@H]1CCCC[C@@H]1NCCO. The molecule has 0 aromatic rings. The lowest BCUT2D eigenvalue weighted by molar-refractivity contribution is 0.229. The van der Waals surface area contributed by atoms with Crippen molar-refractivity contribution >= 4 is 0 Å². The first kappa shape index (κ1) is 11.9. The zero-order chi connectivity index (χ0) is 10.2. The molecule has 2 atom stereocenters. The molecule has 0 amide bonds. The van der Waals surface area contributed by atoms with Crippen LogP contribution in [0.5, 0.6) is 0 Å². The van der Waals surface area contributed by atoms with E-state index in [1.165, 1.54) is 25.7 Å². The molecule has 1 saturated carbocycles. The molecular formula is C10H22N2O2. The molecule has 0 bridgehead atoms. The second kappa shape index (κ2) is 7.17. The molecule has 14 heavy (non-hydrogen) atoms. The summed E-state index contributed by atoms with van der Waals surface area (Å²) in [5.41, 5.74) is 0. The normalized spacial score (nSPS) is 27.9. The van der Waals surface area contributed by atoms with Gasteiger partial charge in [-0.3, -0.25) is 0 Å². The first-order valence-electron chi connectivity index (χ1n) is 5.57. The van der Waals surface area contributed by atoms with E-state index in [4.69, 9.17) is 10.2 Å². The fourth-order valence-corrected chi connectivity index (χ4v) is 2.12. The van der Waals surface area contributed by atoms with Gasteiger partial charge in [-0.25, -0.2) is 0 Å². The predicted molar refractivity (Wildman–Crippen MR) is 56.2 cm³/mol. The molecule has 0 aliphatic heterocycles. The molecule has 1 aliphatic rings. The lowest BCUT2D eigenvalue weighted by atomic mass is 9.90. The summed E-state index contributed by atoms with van der Waals surface area (Å²) >= 11 is 0. The smallest absolute Gasteiger partial charge is 0.0556 e. The Labute approximate surface area is 85.7 Å². The zero-order valence-corrected chi connectivity index (χ0v) is 8.71. The molecule has 0 heterocycles. The molecule has 1 rings (SSSR count). The zero-order valence-electron chi connectivity index (χ0n) is 8.71. The van der Waals surface area contributed by atoms with E-state index in [1.54, 1.807) is 0 Å². The monoisotopic (exact) mass is 202 g/mol. The van der Waals surface area contributed by atoms with E-state index in [9.17, 15) is 0 Å². The van der Waals surface area contributed by atoms with Gasteiger partial charge in [-0.15, -0.1) is 0 Å². The highest BCUT2D eigenvalue weighted by molar-refractivity contribution is 4.85. The van der Waals surface area contributed by atoms with Crippen molar-refractivity contribution in [3.05, 3.63) is 0 Å². The Balaban J connectivity index is 2.26. The van der Waals surface area contributed by atoms with Crippen molar-refractivity contribution in [2.75, 3.05) is 26.3 Å². The Morgan fingerprint density at radius 3 is 1.64 bits per heavy atom. The number of nitrogens with one attached hydrogen (secondary N) is 2. The molecule has 4 nitrogen and oxygen atoms in total. The maximum atomic E-state index is 8.74. The number of hydrogen-bond acceptors (Lipinski definition) is 4. The van der Waals surface area contributed by atoms with Crippen LogP contribution in [-0.4, -0.2) is 48.6 Å².